The Morgan fingerprint density at radius 3 is 2.69 bits per heavy atom. The summed E-state index contributed by atoms with van der Waals surface area (Å²) in [5.74, 6) is 0. The second-order valence-corrected chi connectivity index (χ2v) is 6.25. The second-order valence-electron chi connectivity index (χ2n) is 6.25. The Bertz CT molecular complexity index is 973. The first kappa shape index (κ1) is 16.3. The van der Waals surface area contributed by atoms with Crippen molar-refractivity contribution in [3.05, 3.63) is 73.1 Å². The van der Waals surface area contributed by atoms with E-state index in [0.717, 1.165) is 53.8 Å². The number of hydrogen-bond donors (Lipinski definition) is 1. The minimum atomic E-state index is 0.870. The van der Waals surface area contributed by atoms with Crippen LogP contribution >= 0.6 is 0 Å². The van der Waals surface area contributed by atoms with E-state index in [1.165, 1.54) is 0 Å². The zero-order valence-corrected chi connectivity index (χ0v) is 14.5. The number of pyridine rings is 1. The standard InChI is InChI=1S/C21H21N5/c1-2-8-17(9-3-1)20-16-26(25-24-20)15-5-4-13-22-19-12-6-10-18-11-7-14-23-21(18)19/h1-3,6-12,14,16,22H,4-5,13,15H2. The maximum absolute atomic E-state index is 4.47. The van der Waals surface area contributed by atoms with Gasteiger partial charge in [-0.25, -0.2) is 0 Å². The molecule has 0 aliphatic heterocycles. The largest absolute Gasteiger partial charge is 0.383 e. The fourth-order valence-corrected chi connectivity index (χ4v) is 3.02. The molecule has 2 aromatic carbocycles. The van der Waals surface area contributed by atoms with Crippen LogP contribution in [-0.2, 0) is 6.54 Å². The monoisotopic (exact) mass is 343 g/mol. The van der Waals surface area contributed by atoms with Gasteiger partial charge < -0.3 is 5.32 Å². The van der Waals surface area contributed by atoms with Gasteiger partial charge in [-0.3, -0.25) is 9.67 Å². The first-order valence-electron chi connectivity index (χ1n) is 8.93. The molecule has 0 aliphatic rings. The summed E-state index contributed by atoms with van der Waals surface area (Å²) >= 11 is 0. The normalized spacial score (nSPS) is 10.9. The van der Waals surface area contributed by atoms with Crippen LogP contribution in [0.1, 0.15) is 12.8 Å². The van der Waals surface area contributed by atoms with Crippen molar-refractivity contribution in [1.29, 1.82) is 0 Å². The number of nitrogens with one attached hydrogen (secondary N) is 1. The lowest BCUT2D eigenvalue weighted by molar-refractivity contribution is 0.548. The van der Waals surface area contributed by atoms with Gasteiger partial charge in [-0.15, -0.1) is 5.10 Å². The molecule has 0 unspecified atom stereocenters. The van der Waals surface area contributed by atoms with Crippen LogP contribution in [0.15, 0.2) is 73.1 Å². The third-order valence-electron chi connectivity index (χ3n) is 4.37. The molecule has 0 amide bonds. The molecule has 0 saturated carbocycles. The molecule has 0 saturated heterocycles. The lowest BCUT2D eigenvalue weighted by Gasteiger charge is -2.08. The van der Waals surface area contributed by atoms with E-state index >= 15 is 0 Å². The third kappa shape index (κ3) is 3.72. The second kappa shape index (κ2) is 7.78. The Hall–Kier alpha value is -3.21. The highest BCUT2D eigenvalue weighted by molar-refractivity contribution is 5.90. The van der Waals surface area contributed by atoms with E-state index in [0.29, 0.717) is 0 Å². The van der Waals surface area contributed by atoms with Crippen LogP contribution in [-0.4, -0.2) is 26.5 Å². The number of fused-ring (bicyclic) bond motifs is 1. The SMILES string of the molecule is c1ccc(-c2cn(CCCCNc3cccc4cccnc34)nn2)cc1. The van der Waals surface area contributed by atoms with E-state index in [1.54, 1.807) is 0 Å². The smallest absolute Gasteiger partial charge is 0.113 e. The zero-order chi connectivity index (χ0) is 17.6. The highest BCUT2D eigenvalue weighted by Crippen LogP contribution is 2.20. The van der Waals surface area contributed by atoms with Crippen LogP contribution in [0.25, 0.3) is 22.2 Å². The van der Waals surface area contributed by atoms with Gasteiger partial charge in [0.1, 0.15) is 5.69 Å². The Morgan fingerprint density at radius 2 is 1.77 bits per heavy atom. The number of para-hydroxylation sites is 1. The van der Waals surface area contributed by atoms with E-state index in [9.17, 15) is 0 Å². The van der Waals surface area contributed by atoms with Crippen molar-refractivity contribution in [1.82, 2.24) is 20.0 Å². The van der Waals surface area contributed by atoms with E-state index in [1.807, 2.05) is 41.3 Å². The van der Waals surface area contributed by atoms with E-state index in [4.69, 9.17) is 0 Å². The predicted octanol–water partition coefficient (Wildman–Crippen LogP) is 4.39. The molecule has 0 fully saturated rings. The van der Waals surface area contributed by atoms with Crippen molar-refractivity contribution in [3.8, 4) is 11.3 Å². The average molecular weight is 343 g/mol. The van der Waals surface area contributed by atoms with Crippen LogP contribution in [0.4, 0.5) is 5.69 Å². The van der Waals surface area contributed by atoms with Gasteiger partial charge in [0, 0.05) is 30.2 Å². The van der Waals surface area contributed by atoms with E-state index in [-0.39, 0.29) is 0 Å². The summed E-state index contributed by atoms with van der Waals surface area (Å²) in [4.78, 5) is 4.47. The lowest BCUT2D eigenvalue weighted by atomic mass is 10.2. The van der Waals surface area contributed by atoms with Gasteiger partial charge in [0.05, 0.1) is 17.4 Å². The molecule has 0 bridgehead atoms. The highest BCUT2D eigenvalue weighted by Gasteiger charge is 2.03. The summed E-state index contributed by atoms with van der Waals surface area (Å²) in [5.41, 5.74) is 4.14. The Morgan fingerprint density at radius 1 is 0.885 bits per heavy atom. The third-order valence-corrected chi connectivity index (χ3v) is 4.37. The van der Waals surface area contributed by atoms with Crippen LogP contribution < -0.4 is 5.32 Å². The van der Waals surface area contributed by atoms with Crippen LogP contribution in [0.5, 0.6) is 0 Å². The lowest BCUT2D eigenvalue weighted by Crippen LogP contribution is -2.05. The summed E-state index contributed by atoms with van der Waals surface area (Å²) in [6.45, 7) is 1.78. The van der Waals surface area contributed by atoms with Gasteiger partial charge in [-0.1, -0.05) is 53.7 Å². The van der Waals surface area contributed by atoms with Crippen molar-refractivity contribution in [2.24, 2.45) is 0 Å². The molecule has 0 aliphatic carbocycles. The number of hydrogen-bond acceptors (Lipinski definition) is 4. The molecule has 1 N–H and O–H groups in total. The Balaban J connectivity index is 1.27. The number of anilines is 1. The molecule has 130 valence electrons. The molecule has 4 rings (SSSR count). The molecule has 4 aromatic rings. The first-order chi connectivity index (χ1) is 12.9. The minimum Gasteiger partial charge on any atom is -0.383 e. The van der Waals surface area contributed by atoms with Gasteiger partial charge in [0.15, 0.2) is 0 Å². The maximum atomic E-state index is 4.47. The number of aromatic nitrogens is 4. The maximum Gasteiger partial charge on any atom is 0.113 e. The minimum absolute atomic E-state index is 0.870. The van der Waals surface area contributed by atoms with Crippen molar-refractivity contribution in [3.63, 3.8) is 0 Å². The van der Waals surface area contributed by atoms with Crippen molar-refractivity contribution in [2.45, 2.75) is 19.4 Å². The molecule has 5 nitrogen and oxygen atoms in total. The predicted molar refractivity (Wildman–Crippen MR) is 105 cm³/mol. The summed E-state index contributed by atoms with van der Waals surface area (Å²) in [5, 5.41) is 13.1. The summed E-state index contributed by atoms with van der Waals surface area (Å²) in [6.07, 6.45) is 5.95. The van der Waals surface area contributed by atoms with Crippen LogP contribution in [0.3, 0.4) is 0 Å². The number of rotatable bonds is 7. The topological polar surface area (TPSA) is 55.6 Å². The van der Waals surface area contributed by atoms with E-state index < -0.39 is 0 Å². The molecule has 5 heteroatoms. The number of aryl methyl sites for hydroxylation is 1. The van der Waals surface area contributed by atoms with Gasteiger partial charge in [-0.05, 0) is 25.0 Å². The Kier molecular flexibility index (Phi) is 4.87. The number of unbranched alkanes of at least 4 members (excludes halogenated alkanes) is 1. The number of benzene rings is 2. The van der Waals surface area contributed by atoms with Crippen LogP contribution in [0, 0.1) is 0 Å². The summed E-state index contributed by atoms with van der Waals surface area (Å²) < 4.78 is 1.92. The molecule has 0 radical (unpaired) electrons. The fraction of sp³-hybridized carbons (Fsp3) is 0.190. The van der Waals surface area contributed by atoms with E-state index in [2.05, 4.69) is 57.0 Å². The molecular weight excluding hydrogens is 322 g/mol. The number of nitrogens with zero attached hydrogens (tertiary/aromatic N) is 4. The quantitative estimate of drug-likeness (QED) is 0.506. The molecule has 26 heavy (non-hydrogen) atoms. The van der Waals surface area contributed by atoms with Gasteiger partial charge in [0.2, 0.25) is 0 Å². The first-order valence-corrected chi connectivity index (χ1v) is 8.93. The summed E-state index contributed by atoms with van der Waals surface area (Å²) in [6, 6.07) is 20.4. The summed E-state index contributed by atoms with van der Waals surface area (Å²) in [7, 11) is 0. The fourth-order valence-electron chi connectivity index (χ4n) is 3.02. The molecule has 0 spiro atoms. The van der Waals surface area contributed by atoms with Crippen molar-refractivity contribution in [2.75, 3.05) is 11.9 Å². The van der Waals surface area contributed by atoms with Crippen molar-refractivity contribution < 1.29 is 0 Å². The van der Waals surface area contributed by atoms with Gasteiger partial charge in [0.25, 0.3) is 0 Å². The highest BCUT2D eigenvalue weighted by atomic mass is 15.4. The van der Waals surface area contributed by atoms with Gasteiger partial charge in [-0.2, -0.15) is 0 Å². The average Bonchev–Trinajstić information content (AvgIpc) is 3.17. The molecule has 0 atom stereocenters. The van der Waals surface area contributed by atoms with Gasteiger partial charge >= 0.3 is 0 Å². The molecule has 2 heterocycles. The molecule has 2 aromatic heterocycles. The molecular formula is C21H21N5. The van der Waals surface area contributed by atoms with Crippen LogP contribution in [0.2, 0.25) is 0 Å². The van der Waals surface area contributed by atoms with Crippen molar-refractivity contribution >= 4 is 16.6 Å². The zero-order valence-electron chi connectivity index (χ0n) is 14.5. The Labute approximate surface area is 152 Å².